The van der Waals surface area contributed by atoms with Gasteiger partial charge >= 0.3 is 0 Å². The predicted octanol–water partition coefficient (Wildman–Crippen LogP) is 4.97. The van der Waals surface area contributed by atoms with Crippen molar-refractivity contribution >= 4 is 21.7 Å². The van der Waals surface area contributed by atoms with Gasteiger partial charge in [-0.05, 0) is 42.7 Å². The van der Waals surface area contributed by atoms with Gasteiger partial charge in [-0.15, -0.1) is 0 Å². The van der Waals surface area contributed by atoms with Gasteiger partial charge in [-0.3, -0.25) is 4.79 Å². The number of aryl methyl sites for hydroxylation is 2. The summed E-state index contributed by atoms with van der Waals surface area (Å²) in [4.78, 5) is 12.1. The Morgan fingerprint density at radius 1 is 1.14 bits per heavy atom. The molecule has 0 atom stereocenters. The van der Waals surface area contributed by atoms with E-state index in [4.69, 9.17) is 4.74 Å². The Bertz CT molecular complexity index is 618. The Morgan fingerprint density at radius 2 is 1.86 bits per heavy atom. The molecule has 0 spiro atoms. The summed E-state index contributed by atoms with van der Waals surface area (Å²) in [6.07, 6.45) is 2.16. The fourth-order valence-electron chi connectivity index (χ4n) is 2.15. The van der Waals surface area contributed by atoms with Crippen LogP contribution in [0, 0.1) is 6.92 Å². The highest BCUT2D eigenvalue weighted by atomic mass is 79.9. The van der Waals surface area contributed by atoms with E-state index in [1.165, 1.54) is 5.56 Å². The molecule has 3 heteroatoms. The number of ketones is 1. The van der Waals surface area contributed by atoms with Crippen LogP contribution in [0.5, 0.6) is 5.75 Å². The molecular weight excluding hydrogens is 328 g/mol. The van der Waals surface area contributed by atoms with Gasteiger partial charge in [0.2, 0.25) is 0 Å². The zero-order chi connectivity index (χ0) is 15.2. The van der Waals surface area contributed by atoms with Gasteiger partial charge < -0.3 is 4.74 Å². The Labute approximate surface area is 134 Å². The predicted molar refractivity (Wildman–Crippen MR) is 89.1 cm³/mol. The normalized spacial score (nSPS) is 10.4. The Kier molecular flexibility index (Phi) is 5.57. The van der Waals surface area contributed by atoms with Crippen LogP contribution in [0.3, 0.4) is 0 Å². The lowest BCUT2D eigenvalue weighted by Crippen LogP contribution is -2.12. The Morgan fingerprint density at radius 3 is 2.48 bits per heavy atom. The number of carbonyl (C=O) groups excluding carboxylic acids is 1. The first-order valence-corrected chi connectivity index (χ1v) is 7.90. The molecule has 0 saturated heterocycles. The molecule has 2 aromatic rings. The molecular formula is C18H19BrO2. The minimum absolute atomic E-state index is 0.000340. The highest BCUT2D eigenvalue weighted by Crippen LogP contribution is 2.22. The average Bonchev–Trinajstić information content (AvgIpc) is 2.47. The number of Topliss-reactive ketones (excluding diaryl/α,β-unsaturated/α-hetero) is 1. The van der Waals surface area contributed by atoms with Crippen molar-refractivity contribution in [2.75, 3.05) is 6.61 Å². The summed E-state index contributed by atoms with van der Waals surface area (Å²) in [5, 5.41) is 0. The molecule has 0 amide bonds. The third-order valence-corrected chi connectivity index (χ3v) is 3.80. The molecule has 110 valence electrons. The van der Waals surface area contributed by atoms with Crippen molar-refractivity contribution in [3.05, 3.63) is 63.6 Å². The molecule has 0 radical (unpaired) electrons. The molecule has 0 heterocycles. The van der Waals surface area contributed by atoms with Crippen LogP contribution in [0.1, 0.15) is 34.8 Å². The van der Waals surface area contributed by atoms with Gasteiger partial charge in [-0.2, -0.15) is 0 Å². The van der Waals surface area contributed by atoms with Crippen molar-refractivity contribution in [3.63, 3.8) is 0 Å². The zero-order valence-electron chi connectivity index (χ0n) is 12.4. The van der Waals surface area contributed by atoms with Gasteiger partial charge in [0, 0.05) is 10.0 Å². The average molecular weight is 347 g/mol. The summed E-state index contributed by atoms with van der Waals surface area (Å²) in [7, 11) is 0. The standard InChI is InChI=1S/C18H19BrO2/c1-3-4-14-5-7-15(8-6-14)17(20)12-21-18-10-9-16(19)11-13(18)2/h5-11H,3-4,12H2,1-2H3. The van der Waals surface area contributed by atoms with Crippen molar-refractivity contribution in [2.24, 2.45) is 0 Å². The minimum Gasteiger partial charge on any atom is -0.485 e. The van der Waals surface area contributed by atoms with E-state index in [-0.39, 0.29) is 12.4 Å². The molecule has 21 heavy (non-hydrogen) atoms. The fourth-order valence-corrected chi connectivity index (χ4v) is 2.62. The van der Waals surface area contributed by atoms with E-state index in [2.05, 4.69) is 22.9 Å². The molecule has 0 saturated carbocycles. The summed E-state index contributed by atoms with van der Waals surface area (Å²) in [5.74, 6) is 0.745. The van der Waals surface area contributed by atoms with E-state index >= 15 is 0 Å². The van der Waals surface area contributed by atoms with Crippen LogP contribution in [-0.4, -0.2) is 12.4 Å². The lowest BCUT2D eigenvalue weighted by Gasteiger charge is -2.09. The maximum atomic E-state index is 12.1. The second-order valence-electron chi connectivity index (χ2n) is 5.07. The van der Waals surface area contributed by atoms with E-state index in [0.717, 1.165) is 28.6 Å². The number of carbonyl (C=O) groups is 1. The van der Waals surface area contributed by atoms with Gasteiger partial charge in [0.15, 0.2) is 12.4 Å². The van der Waals surface area contributed by atoms with Crippen LogP contribution < -0.4 is 4.74 Å². The number of hydrogen-bond acceptors (Lipinski definition) is 2. The number of halogens is 1. The van der Waals surface area contributed by atoms with Gasteiger partial charge in [0.05, 0.1) is 0 Å². The van der Waals surface area contributed by atoms with Crippen LogP contribution in [0.25, 0.3) is 0 Å². The molecule has 2 rings (SSSR count). The van der Waals surface area contributed by atoms with Crippen LogP contribution in [-0.2, 0) is 6.42 Å². The minimum atomic E-state index is 0.000340. The smallest absolute Gasteiger partial charge is 0.200 e. The molecule has 0 aliphatic heterocycles. The molecule has 0 unspecified atom stereocenters. The maximum absolute atomic E-state index is 12.1. The SMILES string of the molecule is CCCc1ccc(C(=O)COc2ccc(Br)cc2C)cc1. The topological polar surface area (TPSA) is 26.3 Å². The van der Waals surface area contributed by atoms with E-state index < -0.39 is 0 Å². The second kappa shape index (κ2) is 7.41. The second-order valence-corrected chi connectivity index (χ2v) is 5.98. The summed E-state index contributed by atoms with van der Waals surface area (Å²) >= 11 is 3.41. The molecule has 0 fully saturated rings. The van der Waals surface area contributed by atoms with Gasteiger partial charge in [-0.1, -0.05) is 53.5 Å². The monoisotopic (exact) mass is 346 g/mol. The molecule has 0 aliphatic carbocycles. The maximum Gasteiger partial charge on any atom is 0.200 e. The number of hydrogen-bond donors (Lipinski definition) is 0. The molecule has 2 aromatic carbocycles. The van der Waals surface area contributed by atoms with E-state index in [1.54, 1.807) is 0 Å². The lowest BCUT2D eigenvalue weighted by molar-refractivity contribution is 0.0921. The summed E-state index contributed by atoms with van der Waals surface area (Å²) < 4.78 is 6.62. The van der Waals surface area contributed by atoms with Gasteiger partial charge in [0.1, 0.15) is 5.75 Å². The van der Waals surface area contributed by atoms with Crippen molar-refractivity contribution in [1.29, 1.82) is 0 Å². The van der Waals surface area contributed by atoms with Crippen LogP contribution in [0.2, 0.25) is 0 Å². The summed E-state index contributed by atoms with van der Waals surface area (Å²) in [6.45, 7) is 4.17. The fraction of sp³-hybridized carbons (Fsp3) is 0.278. The number of ether oxygens (including phenoxy) is 1. The van der Waals surface area contributed by atoms with Crippen molar-refractivity contribution in [3.8, 4) is 5.75 Å². The van der Waals surface area contributed by atoms with E-state index in [1.807, 2.05) is 49.4 Å². The summed E-state index contributed by atoms with van der Waals surface area (Å²) in [5.41, 5.74) is 2.97. The molecule has 0 aromatic heterocycles. The molecule has 0 aliphatic rings. The molecule has 0 N–H and O–H groups in total. The largest absolute Gasteiger partial charge is 0.485 e. The van der Waals surface area contributed by atoms with Crippen LogP contribution in [0.4, 0.5) is 0 Å². The molecule has 0 bridgehead atoms. The first-order chi connectivity index (χ1) is 10.1. The third-order valence-electron chi connectivity index (χ3n) is 3.31. The number of rotatable bonds is 6. The van der Waals surface area contributed by atoms with Crippen LogP contribution >= 0.6 is 15.9 Å². The first kappa shape index (κ1) is 15.8. The van der Waals surface area contributed by atoms with Crippen molar-refractivity contribution in [2.45, 2.75) is 26.7 Å². The Balaban J connectivity index is 1.98. The summed E-state index contributed by atoms with van der Waals surface area (Å²) in [6, 6.07) is 13.5. The van der Waals surface area contributed by atoms with Crippen molar-refractivity contribution < 1.29 is 9.53 Å². The van der Waals surface area contributed by atoms with Gasteiger partial charge in [-0.25, -0.2) is 0 Å². The van der Waals surface area contributed by atoms with E-state index in [0.29, 0.717) is 5.56 Å². The third kappa shape index (κ3) is 4.43. The molecule has 2 nitrogen and oxygen atoms in total. The van der Waals surface area contributed by atoms with Crippen LogP contribution in [0.15, 0.2) is 46.9 Å². The Hall–Kier alpha value is -1.61. The zero-order valence-corrected chi connectivity index (χ0v) is 13.9. The highest BCUT2D eigenvalue weighted by molar-refractivity contribution is 9.10. The van der Waals surface area contributed by atoms with Gasteiger partial charge in [0.25, 0.3) is 0 Å². The van der Waals surface area contributed by atoms with E-state index in [9.17, 15) is 4.79 Å². The highest BCUT2D eigenvalue weighted by Gasteiger charge is 2.08. The lowest BCUT2D eigenvalue weighted by atomic mass is 10.1. The first-order valence-electron chi connectivity index (χ1n) is 7.11. The quantitative estimate of drug-likeness (QED) is 0.690. The van der Waals surface area contributed by atoms with Crippen molar-refractivity contribution in [1.82, 2.24) is 0 Å². The number of benzene rings is 2.